The molecule has 84 valence electrons. The fraction of sp³-hybridized carbons (Fsp3) is 0.0769. The summed E-state index contributed by atoms with van der Waals surface area (Å²) in [5.74, 6) is 0.883. The Bertz CT molecular complexity index is 563. The van der Waals surface area contributed by atoms with Crippen LogP contribution in [0.3, 0.4) is 0 Å². The predicted octanol–water partition coefficient (Wildman–Crippen LogP) is 4.01. The molecule has 1 aromatic heterocycles. The molecule has 2 aromatic rings. The van der Waals surface area contributed by atoms with Crippen LogP contribution in [0, 0.1) is 11.3 Å². The Morgan fingerprint density at radius 3 is 2.94 bits per heavy atom. The van der Waals surface area contributed by atoms with E-state index in [-0.39, 0.29) is 0 Å². The molecule has 2 nitrogen and oxygen atoms in total. The zero-order valence-corrected chi connectivity index (χ0v) is 11.3. The monoisotopic (exact) mass is 304 g/mol. The van der Waals surface area contributed by atoms with Gasteiger partial charge in [-0.15, -0.1) is 11.8 Å². The predicted molar refractivity (Wildman–Crippen MR) is 72.7 cm³/mol. The molecule has 0 unspecified atom stereocenters. The Labute approximate surface area is 113 Å². The molecule has 0 fully saturated rings. The normalized spacial score (nSPS) is 9.88. The van der Waals surface area contributed by atoms with Crippen molar-refractivity contribution in [1.29, 1.82) is 5.26 Å². The minimum Gasteiger partial charge on any atom is -0.245 e. The number of hydrogen-bond donors (Lipinski definition) is 0. The summed E-state index contributed by atoms with van der Waals surface area (Å²) in [6, 6.07) is 14.0. The fourth-order valence-corrected chi connectivity index (χ4v) is 2.67. The lowest BCUT2D eigenvalue weighted by Gasteiger charge is -2.02. The van der Waals surface area contributed by atoms with Crippen LogP contribution in [-0.4, -0.2) is 4.98 Å². The average molecular weight is 305 g/mol. The van der Waals surface area contributed by atoms with Crippen molar-refractivity contribution in [3.63, 3.8) is 0 Å². The maximum Gasteiger partial charge on any atom is 0.141 e. The molecule has 1 heterocycles. The highest BCUT2D eigenvalue weighted by Crippen LogP contribution is 2.24. The SMILES string of the molecule is N#Cc1cc(SCc2cccc(Br)c2)ccn1. The van der Waals surface area contributed by atoms with Gasteiger partial charge in [-0.1, -0.05) is 28.1 Å². The van der Waals surface area contributed by atoms with E-state index >= 15 is 0 Å². The van der Waals surface area contributed by atoms with Gasteiger partial charge in [0.05, 0.1) is 0 Å². The minimum absolute atomic E-state index is 0.462. The maximum atomic E-state index is 8.76. The third kappa shape index (κ3) is 3.58. The quantitative estimate of drug-likeness (QED) is 0.804. The lowest BCUT2D eigenvalue weighted by molar-refractivity contribution is 1.21. The highest BCUT2D eigenvalue weighted by Gasteiger charge is 1.99. The number of nitriles is 1. The van der Waals surface area contributed by atoms with E-state index in [0.29, 0.717) is 5.69 Å². The van der Waals surface area contributed by atoms with E-state index in [4.69, 9.17) is 5.26 Å². The van der Waals surface area contributed by atoms with Crippen molar-refractivity contribution in [3.8, 4) is 6.07 Å². The second-order valence-corrected chi connectivity index (χ2v) is 5.37. The summed E-state index contributed by atoms with van der Waals surface area (Å²) < 4.78 is 1.09. The van der Waals surface area contributed by atoms with Crippen LogP contribution < -0.4 is 0 Å². The molecule has 0 spiro atoms. The van der Waals surface area contributed by atoms with Crippen LogP contribution in [0.5, 0.6) is 0 Å². The fourth-order valence-electron chi connectivity index (χ4n) is 1.36. The molecule has 0 atom stereocenters. The van der Waals surface area contributed by atoms with E-state index in [1.54, 1.807) is 18.0 Å². The summed E-state index contributed by atoms with van der Waals surface area (Å²) in [5, 5.41) is 8.76. The maximum absolute atomic E-state index is 8.76. The molecule has 0 radical (unpaired) electrons. The van der Waals surface area contributed by atoms with Gasteiger partial charge in [-0.2, -0.15) is 5.26 Å². The van der Waals surface area contributed by atoms with Crippen LogP contribution in [0.15, 0.2) is 52.0 Å². The molecular formula is C13H9BrN2S. The third-order valence-electron chi connectivity index (χ3n) is 2.14. The van der Waals surface area contributed by atoms with Crippen LogP contribution in [0.4, 0.5) is 0 Å². The minimum atomic E-state index is 0.462. The first-order valence-electron chi connectivity index (χ1n) is 5.01. The molecule has 17 heavy (non-hydrogen) atoms. The largest absolute Gasteiger partial charge is 0.245 e. The van der Waals surface area contributed by atoms with E-state index in [9.17, 15) is 0 Å². The van der Waals surface area contributed by atoms with Crippen molar-refractivity contribution >= 4 is 27.7 Å². The number of aromatic nitrogens is 1. The summed E-state index contributed by atoms with van der Waals surface area (Å²) in [6.07, 6.45) is 1.67. The summed E-state index contributed by atoms with van der Waals surface area (Å²) in [7, 11) is 0. The number of thioether (sulfide) groups is 1. The number of halogens is 1. The molecule has 4 heteroatoms. The van der Waals surface area contributed by atoms with Crippen molar-refractivity contribution in [1.82, 2.24) is 4.98 Å². The van der Waals surface area contributed by atoms with Gasteiger partial charge in [0.15, 0.2) is 0 Å². The first-order valence-corrected chi connectivity index (χ1v) is 6.79. The zero-order chi connectivity index (χ0) is 12.1. The lowest BCUT2D eigenvalue weighted by atomic mass is 10.2. The molecule has 0 aliphatic heterocycles. The van der Waals surface area contributed by atoms with Gasteiger partial charge in [0.2, 0.25) is 0 Å². The Balaban J connectivity index is 2.05. The topological polar surface area (TPSA) is 36.7 Å². The Kier molecular flexibility index (Phi) is 4.18. The standard InChI is InChI=1S/C13H9BrN2S/c14-11-3-1-2-10(6-11)9-17-13-4-5-16-12(7-13)8-15/h1-7H,9H2. The van der Waals surface area contributed by atoms with E-state index in [2.05, 4.69) is 33.0 Å². The number of hydrogen-bond acceptors (Lipinski definition) is 3. The van der Waals surface area contributed by atoms with Crippen LogP contribution in [0.2, 0.25) is 0 Å². The molecule has 0 N–H and O–H groups in total. The number of benzene rings is 1. The molecule has 0 saturated carbocycles. The Hall–Kier alpha value is -1.31. The highest BCUT2D eigenvalue weighted by atomic mass is 79.9. The average Bonchev–Trinajstić information content (AvgIpc) is 2.37. The van der Waals surface area contributed by atoms with Gasteiger partial charge in [-0.05, 0) is 29.8 Å². The van der Waals surface area contributed by atoms with E-state index in [0.717, 1.165) is 15.1 Å². The van der Waals surface area contributed by atoms with Gasteiger partial charge in [0, 0.05) is 21.3 Å². The molecule has 2 rings (SSSR count). The Morgan fingerprint density at radius 2 is 2.18 bits per heavy atom. The molecule has 0 aliphatic carbocycles. The van der Waals surface area contributed by atoms with Gasteiger partial charge in [0.25, 0.3) is 0 Å². The van der Waals surface area contributed by atoms with E-state index in [1.807, 2.05) is 30.3 Å². The zero-order valence-electron chi connectivity index (χ0n) is 8.93. The van der Waals surface area contributed by atoms with Gasteiger partial charge in [0.1, 0.15) is 11.8 Å². The summed E-state index contributed by atoms with van der Waals surface area (Å²) in [5.41, 5.74) is 1.71. The highest BCUT2D eigenvalue weighted by molar-refractivity contribution is 9.10. The molecule has 0 amide bonds. The lowest BCUT2D eigenvalue weighted by Crippen LogP contribution is -1.84. The second-order valence-electron chi connectivity index (χ2n) is 3.41. The van der Waals surface area contributed by atoms with E-state index < -0.39 is 0 Å². The van der Waals surface area contributed by atoms with Crippen molar-refractivity contribution in [2.24, 2.45) is 0 Å². The van der Waals surface area contributed by atoms with Crippen LogP contribution >= 0.6 is 27.7 Å². The smallest absolute Gasteiger partial charge is 0.141 e. The summed E-state index contributed by atoms with van der Waals surface area (Å²) in [4.78, 5) is 5.01. The number of nitrogens with zero attached hydrogens (tertiary/aromatic N) is 2. The van der Waals surface area contributed by atoms with Crippen molar-refractivity contribution < 1.29 is 0 Å². The number of rotatable bonds is 3. The van der Waals surface area contributed by atoms with Gasteiger partial charge in [-0.3, -0.25) is 0 Å². The first kappa shape index (κ1) is 12.2. The van der Waals surface area contributed by atoms with E-state index in [1.165, 1.54) is 5.56 Å². The van der Waals surface area contributed by atoms with Gasteiger partial charge >= 0.3 is 0 Å². The van der Waals surface area contributed by atoms with Crippen LogP contribution in [0.25, 0.3) is 0 Å². The van der Waals surface area contributed by atoms with Crippen LogP contribution in [-0.2, 0) is 5.75 Å². The Morgan fingerprint density at radius 1 is 1.29 bits per heavy atom. The van der Waals surface area contributed by atoms with Crippen LogP contribution in [0.1, 0.15) is 11.3 Å². The summed E-state index contributed by atoms with van der Waals surface area (Å²) in [6.45, 7) is 0. The van der Waals surface area contributed by atoms with Crippen molar-refractivity contribution in [2.45, 2.75) is 10.6 Å². The second kappa shape index (κ2) is 5.85. The number of pyridine rings is 1. The molecule has 1 aromatic carbocycles. The molecular weight excluding hydrogens is 296 g/mol. The molecule has 0 aliphatic rings. The van der Waals surface area contributed by atoms with Gasteiger partial charge < -0.3 is 0 Å². The molecule has 0 bridgehead atoms. The third-order valence-corrected chi connectivity index (χ3v) is 3.70. The van der Waals surface area contributed by atoms with Crippen molar-refractivity contribution in [3.05, 3.63) is 58.3 Å². The first-order chi connectivity index (χ1) is 8.28. The summed E-state index contributed by atoms with van der Waals surface area (Å²) >= 11 is 5.15. The van der Waals surface area contributed by atoms with Gasteiger partial charge in [-0.25, -0.2) is 4.98 Å². The van der Waals surface area contributed by atoms with Crippen molar-refractivity contribution in [2.75, 3.05) is 0 Å². The molecule has 0 saturated heterocycles.